The van der Waals surface area contributed by atoms with Crippen LogP contribution in [0.5, 0.6) is 0 Å². The molecule has 1 aliphatic carbocycles. The smallest absolute Gasteiger partial charge is 0.0728 e. The van der Waals surface area contributed by atoms with Crippen molar-refractivity contribution >= 4 is 10.8 Å². The summed E-state index contributed by atoms with van der Waals surface area (Å²) in [4.78, 5) is 4.95. The fourth-order valence-corrected chi connectivity index (χ4v) is 4.74. The van der Waals surface area contributed by atoms with Gasteiger partial charge in [0.15, 0.2) is 0 Å². The minimum Gasteiger partial charge on any atom is -0.389 e. The predicted octanol–water partition coefficient (Wildman–Crippen LogP) is 3.48. The van der Waals surface area contributed by atoms with E-state index in [0.717, 1.165) is 58.4 Å². The van der Waals surface area contributed by atoms with Crippen LogP contribution in [0.1, 0.15) is 37.2 Å². The van der Waals surface area contributed by atoms with E-state index in [0.29, 0.717) is 0 Å². The molecule has 0 spiro atoms. The van der Waals surface area contributed by atoms with Gasteiger partial charge in [0.1, 0.15) is 0 Å². The van der Waals surface area contributed by atoms with Crippen LogP contribution in [0.4, 0.5) is 0 Å². The van der Waals surface area contributed by atoms with Crippen molar-refractivity contribution < 1.29 is 5.11 Å². The van der Waals surface area contributed by atoms with Gasteiger partial charge in [-0.1, -0.05) is 55.3 Å². The molecule has 2 aromatic rings. The molecule has 2 fully saturated rings. The molecule has 1 unspecified atom stereocenters. The van der Waals surface area contributed by atoms with Crippen molar-refractivity contribution in [3.8, 4) is 0 Å². The first-order valence-corrected chi connectivity index (χ1v) is 9.77. The Balaban J connectivity index is 1.69. The van der Waals surface area contributed by atoms with Gasteiger partial charge in [-0.15, -0.1) is 0 Å². The normalized spacial score (nSPS) is 23.1. The molecule has 0 radical (unpaired) electrons. The minimum absolute atomic E-state index is 0.199. The zero-order chi connectivity index (χ0) is 17.3. The van der Waals surface area contributed by atoms with E-state index in [-0.39, 0.29) is 5.92 Å². The number of aliphatic hydroxyl groups is 1. The fourth-order valence-electron chi connectivity index (χ4n) is 4.74. The molecule has 0 bridgehead atoms. The Hall–Kier alpha value is -1.42. The van der Waals surface area contributed by atoms with E-state index in [1.54, 1.807) is 0 Å². The molecule has 1 saturated heterocycles. The minimum atomic E-state index is -0.548. The van der Waals surface area contributed by atoms with Gasteiger partial charge >= 0.3 is 0 Å². The Morgan fingerprint density at radius 1 is 0.960 bits per heavy atom. The molecule has 1 heterocycles. The van der Waals surface area contributed by atoms with Gasteiger partial charge in [-0.05, 0) is 36.2 Å². The van der Waals surface area contributed by atoms with Crippen molar-refractivity contribution in [2.75, 3.05) is 39.8 Å². The lowest BCUT2D eigenvalue weighted by atomic mass is 9.78. The molecule has 1 saturated carbocycles. The Bertz CT molecular complexity index is 710. The number of rotatable bonds is 4. The van der Waals surface area contributed by atoms with Crippen LogP contribution in [0.25, 0.3) is 10.8 Å². The van der Waals surface area contributed by atoms with Gasteiger partial charge in [0.05, 0.1) is 5.60 Å². The first-order valence-electron chi connectivity index (χ1n) is 9.77. The van der Waals surface area contributed by atoms with Crippen molar-refractivity contribution in [2.24, 2.45) is 0 Å². The third-order valence-electron chi connectivity index (χ3n) is 6.35. The lowest BCUT2D eigenvalue weighted by Gasteiger charge is -2.40. The highest BCUT2D eigenvalue weighted by atomic mass is 16.3. The van der Waals surface area contributed by atoms with E-state index >= 15 is 0 Å². The van der Waals surface area contributed by atoms with E-state index in [1.165, 1.54) is 16.3 Å². The van der Waals surface area contributed by atoms with Gasteiger partial charge in [-0.25, -0.2) is 0 Å². The Labute approximate surface area is 151 Å². The second-order valence-electron chi connectivity index (χ2n) is 8.04. The van der Waals surface area contributed by atoms with E-state index in [1.807, 2.05) is 0 Å². The number of piperazine rings is 1. The summed E-state index contributed by atoms with van der Waals surface area (Å²) < 4.78 is 0. The van der Waals surface area contributed by atoms with E-state index in [9.17, 15) is 5.11 Å². The topological polar surface area (TPSA) is 26.7 Å². The van der Waals surface area contributed by atoms with Gasteiger partial charge in [-0.3, -0.25) is 0 Å². The predicted molar refractivity (Wildman–Crippen MR) is 104 cm³/mol. The monoisotopic (exact) mass is 338 g/mol. The van der Waals surface area contributed by atoms with Crippen molar-refractivity contribution in [1.29, 1.82) is 0 Å². The average Bonchev–Trinajstić information content (AvgIpc) is 3.08. The van der Waals surface area contributed by atoms with Crippen molar-refractivity contribution in [1.82, 2.24) is 9.80 Å². The van der Waals surface area contributed by atoms with Crippen LogP contribution in [0, 0.1) is 0 Å². The molecular weight excluding hydrogens is 308 g/mol. The van der Waals surface area contributed by atoms with Crippen LogP contribution in [0.15, 0.2) is 42.5 Å². The lowest BCUT2D eigenvalue weighted by molar-refractivity contribution is 0.00189. The molecule has 2 aliphatic rings. The highest BCUT2D eigenvalue weighted by Gasteiger charge is 2.41. The third-order valence-corrected chi connectivity index (χ3v) is 6.35. The van der Waals surface area contributed by atoms with Crippen molar-refractivity contribution in [3.63, 3.8) is 0 Å². The van der Waals surface area contributed by atoms with Gasteiger partial charge in [0.25, 0.3) is 0 Å². The summed E-state index contributed by atoms with van der Waals surface area (Å²) in [5.41, 5.74) is 0.787. The van der Waals surface area contributed by atoms with Crippen LogP contribution in [-0.4, -0.2) is 60.3 Å². The Kier molecular flexibility index (Phi) is 4.81. The molecule has 1 N–H and O–H groups in total. The summed E-state index contributed by atoms with van der Waals surface area (Å²) in [6.07, 6.45) is 4.18. The first kappa shape index (κ1) is 17.0. The molecule has 3 heteroatoms. The molecule has 0 amide bonds. The summed E-state index contributed by atoms with van der Waals surface area (Å²) in [5.74, 6) is 0.199. The van der Waals surface area contributed by atoms with E-state index < -0.39 is 5.60 Å². The standard InChI is InChI=1S/C22H30N2O/c1-23-13-15-24(16-14-23)17-21(22(25)11-4-5-12-22)20-10-6-8-18-7-2-3-9-19(18)20/h2-3,6-10,21,25H,4-5,11-17H2,1H3. The average molecular weight is 338 g/mol. The maximum absolute atomic E-state index is 11.5. The highest BCUT2D eigenvalue weighted by Crippen LogP contribution is 2.43. The van der Waals surface area contributed by atoms with Crippen LogP contribution in [-0.2, 0) is 0 Å². The molecule has 3 nitrogen and oxygen atoms in total. The Morgan fingerprint density at radius 2 is 1.64 bits per heavy atom. The third kappa shape index (κ3) is 3.46. The summed E-state index contributed by atoms with van der Waals surface area (Å²) in [5, 5.41) is 14.1. The summed E-state index contributed by atoms with van der Waals surface area (Å²) in [6, 6.07) is 15.2. The fraction of sp³-hybridized carbons (Fsp3) is 0.545. The number of likely N-dealkylation sites (N-methyl/N-ethyl adjacent to an activating group) is 1. The maximum Gasteiger partial charge on any atom is 0.0728 e. The highest BCUT2D eigenvalue weighted by molar-refractivity contribution is 5.86. The summed E-state index contributed by atoms with van der Waals surface area (Å²) in [6.45, 7) is 5.43. The summed E-state index contributed by atoms with van der Waals surface area (Å²) in [7, 11) is 2.20. The van der Waals surface area contributed by atoms with Gasteiger partial charge in [-0.2, -0.15) is 0 Å². The molecule has 1 atom stereocenters. The number of hydrogen-bond donors (Lipinski definition) is 1. The molecule has 4 rings (SSSR count). The van der Waals surface area contributed by atoms with Gasteiger partial charge in [0, 0.05) is 38.6 Å². The van der Waals surface area contributed by atoms with E-state index in [2.05, 4.69) is 59.3 Å². The van der Waals surface area contributed by atoms with Crippen molar-refractivity contribution in [3.05, 3.63) is 48.0 Å². The second-order valence-corrected chi connectivity index (χ2v) is 8.04. The zero-order valence-electron chi connectivity index (χ0n) is 15.3. The van der Waals surface area contributed by atoms with E-state index in [4.69, 9.17) is 0 Å². The number of fused-ring (bicyclic) bond motifs is 1. The quantitative estimate of drug-likeness (QED) is 0.925. The molecule has 1 aliphatic heterocycles. The van der Waals surface area contributed by atoms with Crippen LogP contribution in [0.3, 0.4) is 0 Å². The number of hydrogen-bond acceptors (Lipinski definition) is 3. The SMILES string of the molecule is CN1CCN(CC(c2cccc3ccccc23)C2(O)CCCC2)CC1. The van der Waals surface area contributed by atoms with Crippen molar-refractivity contribution in [2.45, 2.75) is 37.2 Å². The zero-order valence-corrected chi connectivity index (χ0v) is 15.3. The molecule has 134 valence electrons. The molecular formula is C22H30N2O. The largest absolute Gasteiger partial charge is 0.389 e. The first-order chi connectivity index (χ1) is 12.2. The Morgan fingerprint density at radius 3 is 2.40 bits per heavy atom. The molecule has 2 aromatic carbocycles. The van der Waals surface area contributed by atoms with Gasteiger partial charge in [0.2, 0.25) is 0 Å². The maximum atomic E-state index is 11.5. The number of benzene rings is 2. The second kappa shape index (κ2) is 7.06. The van der Waals surface area contributed by atoms with Crippen LogP contribution < -0.4 is 0 Å². The van der Waals surface area contributed by atoms with Crippen LogP contribution >= 0.6 is 0 Å². The van der Waals surface area contributed by atoms with Crippen LogP contribution in [0.2, 0.25) is 0 Å². The summed E-state index contributed by atoms with van der Waals surface area (Å²) >= 11 is 0. The number of nitrogens with zero attached hydrogens (tertiary/aromatic N) is 2. The van der Waals surface area contributed by atoms with Gasteiger partial charge < -0.3 is 14.9 Å². The molecule has 0 aromatic heterocycles. The molecule has 25 heavy (non-hydrogen) atoms. The lowest BCUT2D eigenvalue weighted by Crippen LogP contribution is -2.48.